The molecule has 1 aliphatic heterocycles. The Balaban J connectivity index is 2.15. The van der Waals surface area contributed by atoms with Crippen LogP contribution in [0.25, 0.3) is 0 Å². The van der Waals surface area contributed by atoms with Gasteiger partial charge in [-0.05, 0) is 24.7 Å². The second kappa shape index (κ2) is 3.72. The van der Waals surface area contributed by atoms with Crippen LogP contribution >= 0.6 is 0 Å². The van der Waals surface area contributed by atoms with E-state index in [9.17, 15) is 4.79 Å². The minimum absolute atomic E-state index is 0.0537. The van der Waals surface area contributed by atoms with Crippen molar-refractivity contribution < 1.29 is 4.79 Å². The molecule has 2 unspecified atom stereocenters. The van der Waals surface area contributed by atoms with Crippen LogP contribution in [-0.4, -0.2) is 36.9 Å². The standard InChI is InChI=1S/C13H23N3O/c1-12(2)6-9-7-13(3,8-12)10(14-9)15-11(17)16(4)5/h9H,6-8H2,1-5H3,(H,14,15,17). The fourth-order valence-corrected chi connectivity index (χ4v) is 3.44. The highest BCUT2D eigenvalue weighted by molar-refractivity contribution is 6.01. The second-order valence-corrected chi connectivity index (χ2v) is 6.77. The van der Waals surface area contributed by atoms with Gasteiger partial charge < -0.3 is 4.90 Å². The third-order valence-electron chi connectivity index (χ3n) is 3.86. The third kappa shape index (κ3) is 2.31. The van der Waals surface area contributed by atoms with Crippen LogP contribution in [0.5, 0.6) is 0 Å². The fraction of sp³-hybridized carbons (Fsp3) is 0.846. The van der Waals surface area contributed by atoms with Crippen LogP contribution in [0, 0.1) is 10.8 Å². The van der Waals surface area contributed by atoms with Crippen LogP contribution in [0.3, 0.4) is 0 Å². The molecule has 1 fully saturated rings. The Morgan fingerprint density at radius 1 is 1.35 bits per heavy atom. The molecular weight excluding hydrogens is 214 g/mol. The number of carbonyl (C=O) groups is 1. The number of hydrogen-bond donors (Lipinski definition) is 1. The lowest BCUT2D eigenvalue weighted by atomic mass is 9.64. The van der Waals surface area contributed by atoms with Crippen molar-refractivity contribution in [2.75, 3.05) is 14.1 Å². The van der Waals surface area contributed by atoms with Gasteiger partial charge in [0, 0.05) is 19.5 Å². The van der Waals surface area contributed by atoms with Crippen LogP contribution in [0.1, 0.15) is 40.0 Å². The monoisotopic (exact) mass is 237 g/mol. The third-order valence-corrected chi connectivity index (χ3v) is 3.86. The molecule has 1 N–H and O–H groups in total. The summed E-state index contributed by atoms with van der Waals surface area (Å²) >= 11 is 0. The van der Waals surface area contributed by atoms with Crippen molar-refractivity contribution in [2.24, 2.45) is 15.8 Å². The molecule has 4 heteroatoms. The largest absolute Gasteiger partial charge is 0.331 e. The Morgan fingerprint density at radius 3 is 2.59 bits per heavy atom. The Kier molecular flexibility index (Phi) is 2.71. The van der Waals surface area contributed by atoms with Gasteiger partial charge in [0.2, 0.25) is 0 Å². The van der Waals surface area contributed by atoms with Gasteiger partial charge in [-0.25, -0.2) is 4.79 Å². The van der Waals surface area contributed by atoms with E-state index in [2.05, 4.69) is 26.1 Å². The molecule has 96 valence electrons. The number of aliphatic imine (C=N–C) groups is 1. The minimum Gasteiger partial charge on any atom is -0.331 e. The molecule has 1 saturated carbocycles. The van der Waals surface area contributed by atoms with Gasteiger partial charge in [0.05, 0.1) is 6.04 Å². The van der Waals surface area contributed by atoms with Crippen LogP contribution < -0.4 is 5.32 Å². The molecule has 1 aliphatic carbocycles. The summed E-state index contributed by atoms with van der Waals surface area (Å²) in [6, 6.07) is 0.316. The number of hydrogen-bond acceptors (Lipinski definition) is 2. The molecule has 1 heterocycles. The van der Waals surface area contributed by atoms with Gasteiger partial charge in [0.1, 0.15) is 5.84 Å². The predicted molar refractivity (Wildman–Crippen MR) is 69.2 cm³/mol. The summed E-state index contributed by atoms with van der Waals surface area (Å²) in [5.41, 5.74) is 0.379. The first kappa shape index (κ1) is 12.4. The van der Waals surface area contributed by atoms with Crippen molar-refractivity contribution in [3.8, 4) is 0 Å². The second-order valence-electron chi connectivity index (χ2n) is 6.77. The van der Waals surface area contributed by atoms with Crippen molar-refractivity contribution in [2.45, 2.75) is 46.1 Å². The number of carbonyl (C=O) groups excluding carboxylic acids is 1. The topological polar surface area (TPSA) is 44.7 Å². The number of amides is 2. The van der Waals surface area contributed by atoms with E-state index in [1.54, 1.807) is 19.0 Å². The van der Waals surface area contributed by atoms with Gasteiger partial charge in [-0.1, -0.05) is 20.8 Å². The Hall–Kier alpha value is -1.06. The number of nitrogens with one attached hydrogen (secondary N) is 1. The lowest BCUT2D eigenvalue weighted by Gasteiger charge is -2.40. The first-order valence-corrected chi connectivity index (χ1v) is 6.28. The van der Waals surface area contributed by atoms with Crippen LogP contribution in [0.2, 0.25) is 0 Å². The molecule has 2 rings (SSSR count). The highest BCUT2D eigenvalue weighted by atomic mass is 16.2. The van der Waals surface area contributed by atoms with E-state index in [-0.39, 0.29) is 11.4 Å². The molecule has 0 aromatic heterocycles. The van der Waals surface area contributed by atoms with Crippen molar-refractivity contribution in [1.29, 1.82) is 0 Å². The fourth-order valence-electron chi connectivity index (χ4n) is 3.44. The van der Waals surface area contributed by atoms with Crippen molar-refractivity contribution in [1.82, 2.24) is 10.2 Å². The summed E-state index contributed by atoms with van der Waals surface area (Å²) in [6.45, 7) is 6.82. The van der Waals surface area contributed by atoms with Gasteiger partial charge in [0.25, 0.3) is 0 Å². The van der Waals surface area contributed by atoms with Crippen LogP contribution in [-0.2, 0) is 0 Å². The predicted octanol–water partition coefficient (Wildman–Crippen LogP) is 2.25. The summed E-state index contributed by atoms with van der Waals surface area (Å²) in [4.78, 5) is 18.0. The van der Waals surface area contributed by atoms with Gasteiger partial charge in [-0.2, -0.15) is 0 Å². The minimum atomic E-state index is -0.0738. The first-order chi connectivity index (χ1) is 7.72. The average molecular weight is 237 g/mol. The molecule has 0 saturated heterocycles. The number of amidine groups is 1. The maximum atomic E-state index is 11.7. The smallest absolute Gasteiger partial charge is 0.322 e. The van der Waals surface area contributed by atoms with Crippen LogP contribution in [0.4, 0.5) is 4.79 Å². The summed E-state index contributed by atoms with van der Waals surface area (Å²) < 4.78 is 0. The SMILES string of the molecule is CN(C)C(=O)NC1=NC2CC(C)(C)CC1(C)C2. The molecule has 0 aromatic rings. The molecule has 0 spiro atoms. The Bertz CT molecular complexity index is 373. The molecule has 2 bridgehead atoms. The molecular formula is C13H23N3O. The normalized spacial score (nSPS) is 34.2. The lowest BCUT2D eigenvalue weighted by Crippen LogP contribution is -2.46. The van der Waals surface area contributed by atoms with Gasteiger partial charge in [-0.15, -0.1) is 0 Å². The quantitative estimate of drug-likeness (QED) is 0.690. The van der Waals surface area contributed by atoms with Gasteiger partial charge in [-0.3, -0.25) is 10.3 Å². The Labute approximate surface area is 103 Å². The van der Waals surface area contributed by atoms with E-state index in [1.807, 2.05) is 0 Å². The number of rotatable bonds is 0. The Morgan fingerprint density at radius 2 is 2.00 bits per heavy atom. The molecule has 17 heavy (non-hydrogen) atoms. The molecule has 2 atom stereocenters. The maximum absolute atomic E-state index is 11.7. The molecule has 2 amide bonds. The highest BCUT2D eigenvalue weighted by Gasteiger charge is 2.49. The lowest BCUT2D eigenvalue weighted by molar-refractivity contribution is 0.151. The zero-order valence-electron chi connectivity index (χ0n) is 11.5. The van der Waals surface area contributed by atoms with E-state index in [1.165, 1.54) is 0 Å². The van der Waals surface area contributed by atoms with Crippen LogP contribution in [0.15, 0.2) is 4.99 Å². The summed E-state index contributed by atoms with van der Waals surface area (Å²) in [5.74, 6) is 0.895. The van der Waals surface area contributed by atoms with E-state index in [4.69, 9.17) is 4.99 Å². The number of nitrogens with zero attached hydrogens (tertiary/aromatic N) is 2. The van der Waals surface area contributed by atoms with Crippen molar-refractivity contribution in [3.63, 3.8) is 0 Å². The zero-order valence-corrected chi connectivity index (χ0v) is 11.5. The first-order valence-electron chi connectivity index (χ1n) is 6.28. The summed E-state index contributed by atoms with van der Waals surface area (Å²) in [5, 5.41) is 2.96. The van der Waals surface area contributed by atoms with E-state index in [0.717, 1.165) is 25.1 Å². The van der Waals surface area contributed by atoms with E-state index < -0.39 is 0 Å². The van der Waals surface area contributed by atoms with E-state index in [0.29, 0.717) is 11.5 Å². The molecule has 2 aliphatic rings. The van der Waals surface area contributed by atoms with Gasteiger partial charge >= 0.3 is 6.03 Å². The summed E-state index contributed by atoms with van der Waals surface area (Å²) in [6.07, 6.45) is 3.31. The number of fused-ring (bicyclic) bond motifs is 2. The van der Waals surface area contributed by atoms with E-state index >= 15 is 0 Å². The maximum Gasteiger partial charge on any atom is 0.322 e. The van der Waals surface area contributed by atoms with Crippen molar-refractivity contribution in [3.05, 3.63) is 0 Å². The average Bonchev–Trinajstić information content (AvgIpc) is 2.34. The van der Waals surface area contributed by atoms with Crippen molar-refractivity contribution >= 4 is 11.9 Å². The summed E-state index contributed by atoms with van der Waals surface area (Å²) in [7, 11) is 3.51. The molecule has 0 aromatic carbocycles. The molecule has 0 radical (unpaired) electrons. The molecule has 4 nitrogen and oxygen atoms in total. The van der Waals surface area contributed by atoms with Gasteiger partial charge in [0.15, 0.2) is 0 Å². The number of urea groups is 1. The highest BCUT2D eigenvalue weighted by Crippen LogP contribution is 2.51. The zero-order chi connectivity index (χ0) is 12.8.